The van der Waals surface area contributed by atoms with E-state index in [2.05, 4.69) is 10.5 Å². The number of fused-ring (bicyclic) bond motifs is 1. The maximum absolute atomic E-state index is 13.0. The molecular weight excluding hydrogens is 436 g/mol. The molecule has 1 aromatic heterocycles. The van der Waals surface area contributed by atoms with Gasteiger partial charge in [-0.15, -0.1) is 0 Å². The normalized spacial score (nSPS) is 10.7. The topological polar surface area (TPSA) is 99.9 Å². The Hall–Kier alpha value is -4.33. The molecule has 0 saturated heterocycles. The van der Waals surface area contributed by atoms with E-state index in [0.717, 1.165) is 22.0 Å². The molecule has 0 saturated carbocycles. The average Bonchev–Trinajstić information content (AvgIpc) is 3.18. The molecular formula is C26H24N2O6. The lowest BCUT2D eigenvalue weighted by Gasteiger charge is -2.14. The molecule has 34 heavy (non-hydrogen) atoms. The van der Waals surface area contributed by atoms with Gasteiger partial charge in [0.05, 0.1) is 36.7 Å². The number of amides is 1. The molecule has 4 aromatic rings. The van der Waals surface area contributed by atoms with Gasteiger partial charge in [0.15, 0.2) is 11.5 Å². The second-order valence-corrected chi connectivity index (χ2v) is 7.65. The summed E-state index contributed by atoms with van der Waals surface area (Å²) in [4.78, 5) is 25.4. The zero-order chi connectivity index (χ0) is 24.2. The molecule has 0 radical (unpaired) electrons. The van der Waals surface area contributed by atoms with Crippen LogP contribution in [0.5, 0.6) is 11.5 Å². The first-order chi connectivity index (χ1) is 16.4. The molecule has 0 spiro atoms. The van der Waals surface area contributed by atoms with E-state index in [-0.39, 0.29) is 12.2 Å². The van der Waals surface area contributed by atoms with Crippen molar-refractivity contribution in [3.63, 3.8) is 0 Å². The van der Waals surface area contributed by atoms with Crippen LogP contribution < -0.4 is 14.8 Å². The van der Waals surface area contributed by atoms with Crippen LogP contribution >= 0.6 is 0 Å². The van der Waals surface area contributed by atoms with Crippen molar-refractivity contribution in [1.82, 2.24) is 5.16 Å². The fourth-order valence-corrected chi connectivity index (χ4v) is 3.60. The predicted octanol–water partition coefficient (Wildman–Crippen LogP) is 5.07. The van der Waals surface area contributed by atoms with Gasteiger partial charge in [0.2, 0.25) is 0 Å². The van der Waals surface area contributed by atoms with Crippen LogP contribution in [0.3, 0.4) is 0 Å². The summed E-state index contributed by atoms with van der Waals surface area (Å²) in [6.45, 7) is 3.91. The van der Waals surface area contributed by atoms with Crippen molar-refractivity contribution < 1.29 is 28.3 Å². The highest BCUT2D eigenvalue weighted by atomic mass is 16.5. The molecule has 4 rings (SSSR count). The molecule has 0 bridgehead atoms. The minimum Gasteiger partial charge on any atom is -0.493 e. The van der Waals surface area contributed by atoms with Gasteiger partial charge in [-0.1, -0.05) is 29.4 Å². The van der Waals surface area contributed by atoms with Gasteiger partial charge in [0.1, 0.15) is 12.4 Å². The Balaban J connectivity index is 1.58. The first-order valence-electron chi connectivity index (χ1n) is 10.6. The Labute approximate surface area is 196 Å². The van der Waals surface area contributed by atoms with Gasteiger partial charge in [-0.05, 0) is 55.0 Å². The number of ether oxygens (including phenoxy) is 3. The molecule has 3 aromatic carbocycles. The lowest BCUT2D eigenvalue weighted by molar-refractivity contribution is 0.0602. The summed E-state index contributed by atoms with van der Waals surface area (Å²) in [5.41, 5.74) is 2.57. The number of hydrogen-bond donors (Lipinski definition) is 1. The highest BCUT2D eigenvalue weighted by Gasteiger charge is 2.18. The quantitative estimate of drug-likeness (QED) is 0.384. The molecule has 8 nitrogen and oxygen atoms in total. The minimum absolute atomic E-state index is 0.253. The van der Waals surface area contributed by atoms with Crippen molar-refractivity contribution in [2.45, 2.75) is 20.5 Å². The Morgan fingerprint density at radius 3 is 2.35 bits per heavy atom. The third kappa shape index (κ3) is 4.56. The van der Waals surface area contributed by atoms with Crippen LogP contribution in [-0.2, 0) is 11.3 Å². The number of carbonyl (C=O) groups excluding carboxylic acids is 2. The van der Waals surface area contributed by atoms with Crippen molar-refractivity contribution in [3.05, 3.63) is 82.7 Å². The van der Waals surface area contributed by atoms with E-state index >= 15 is 0 Å². The maximum Gasteiger partial charge on any atom is 0.339 e. The maximum atomic E-state index is 13.0. The predicted molar refractivity (Wildman–Crippen MR) is 127 cm³/mol. The van der Waals surface area contributed by atoms with Crippen LogP contribution in [0.4, 0.5) is 5.69 Å². The molecule has 1 heterocycles. The van der Waals surface area contributed by atoms with Gasteiger partial charge in [-0.25, -0.2) is 4.79 Å². The van der Waals surface area contributed by atoms with Crippen molar-refractivity contribution in [3.8, 4) is 11.5 Å². The van der Waals surface area contributed by atoms with Crippen LogP contribution in [0, 0.1) is 13.8 Å². The Morgan fingerprint density at radius 2 is 1.71 bits per heavy atom. The van der Waals surface area contributed by atoms with Crippen molar-refractivity contribution in [1.29, 1.82) is 0 Å². The SMILES string of the molecule is COC(=O)c1cc2ccccc2cc1NC(=O)c1ccc(OCc2c(C)noc2C)c(OC)c1. The zero-order valence-corrected chi connectivity index (χ0v) is 19.3. The minimum atomic E-state index is -0.540. The van der Waals surface area contributed by atoms with E-state index in [1.807, 2.05) is 38.1 Å². The number of rotatable bonds is 7. The van der Waals surface area contributed by atoms with Gasteiger partial charge in [-0.3, -0.25) is 4.79 Å². The van der Waals surface area contributed by atoms with Gasteiger partial charge < -0.3 is 24.1 Å². The molecule has 8 heteroatoms. The standard InChI is InChI=1S/C26H24N2O6/c1-15-21(16(2)34-28-15)14-33-23-10-9-19(13-24(23)31-3)25(29)27-22-12-18-8-6-5-7-17(18)11-20(22)26(30)32-4/h5-13H,14H2,1-4H3,(H,27,29). The van der Waals surface area contributed by atoms with Crippen LogP contribution in [0.15, 0.2) is 59.1 Å². The number of aromatic nitrogens is 1. The Bertz CT molecular complexity index is 1360. The molecule has 0 fully saturated rings. The highest BCUT2D eigenvalue weighted by molar-refractivity contribution is 6.10. The van der Waals surface area contributed by atoms with E-state index in [1.165, 1.54) is 14.2 Å². The second-order valence-electron chi connectivity index (χ2n) is 7.65. The van der Waals surface area contributed by atoms with E-state index < -0.39 is 11.9 Å². The number of aryl methyl sites for hydroxylation is 2. The summed E-state index contributed by atoms with van der Waals surface area (Å²) < 4.78 is 21.4. The molecule has 0 aliphatic carbocycles. The summed E-state index contributed by atoms with van der Waals surface area (Å²) in [5, 5.41) is 8.48. The van der Waals surface area contributed by atoms with Crippen molar-refractivity contribution >= 4 is 28.3 Å². The summed E-state index contributed by atoms with van der Waals surface area (Å²) in [6, 6.07) is 15.9. The van der Waals surface area contributed by atoms with E-state index in [1.54, 1.807) is 30.3 Å². The number of nitrogens with zero attached hydrogens (tertiary/aromatic N) is 1. The van der Waals surface area contributed by atoms with Crippen molar-refractivity contribution in [2.24, 2.45) is 0 Å². The van der Waals surface area contributed by atoms with Crippen LogP contribution in [0.25, 0.3) is 10.8 Å². The third-order valence-corrected chi connectivity index (χ3v) is 5.52. The van der Waals surface area contributed by atoms with E-state index in [9.17, 15) is 9.59 Å². The third-order valence-electron chi connectivity index (χ3n) is 5.52. The van der Waals surface area contributed by atoms with Gasteiger partial charge in [0.25, 0.3) is 5.91 Å². The number of benzene rings is 3. The summed E-state index contributed by atoms with van der Waals surface area (Å²) in [5.74, 6) is 0.605. The number of nitrogens with one attached hydrogen (secondary N) is 1. The molecule has 174 valence electrons. The largest absolute Gasteiger partial charge is 0.493 e. The van der Waals surface area contributed by atoms with Gasteiger partial charge in [-0.2, -0.15) is 0 Å². The lowest BCUT2D eigenvalue weighted by atomic mass is 10.0. The first kappa shape index (κ1) is 22.8. The van der Waals surface area contributed by atoms with Gasteiger partial charge >= 0.3 is 5.97 Å². The fraction of sp³-hybridized carbons (Fsp3) is 0.192. The Morgan fingerprint density at radius 1 is 0.971 bits per heavy atom. The highest BCUT2D eigenvalue weighted by Crippen LogP contribution is 2.31. The Kier molecular flexibility index (Phi) is 6.49. The molecule has 0 unspecified atom stereocenters. The number of methoxy groups -OCH3 is 2. The zero-order valence-electron chi connectivity index (χ0n) is 19.3. The summed E-state index contributed by atoms with van der Waals surface area (Å²) in [7, 11) is 2.80. The smallest absolute Gasteiger partial charge is 0.339 e. The molecule has 1 amide bonds. The fourth-order valence-electron chi connectivity index (χ4n) is 3.60. The van der Waals surface area contributed by atoms with E-state index in [0.29, 0.717) is 28.5 Å². The average molecular weight is 460 g/mol. The number of carbonyl (C=O) groups is 2. The molecule has 1 N–H and O–H groups in total. The molecule has 0 aliphatic heterocycles. The van der Waals surface area contributed by atoms with E-state index in [4.69, 9.17) is 18.7 Å². The molecule has 0 atom stereocenters. The van der Waals surface area contributed by atoms with Crippen LogP contribution in [0.1, 0.15) is 37.7 Å². The van der Waals surface area contributed by atoms with Crippen molar-refractivity contribution in [2.75, 3.05) is 19.5 Å². The van der Waals surface area contributed by atoms with Gasteiger partial charge in [0, 0.05) is 5.56 Å². The molecule has 0 aliphatic rings. The first-order valence-corrected chi connectivity index (χ1v) is 10.6. The van der Waals surface area contributed by atoms with Crippen LogP contribution in [-0.4, -0.2) is 31.3 Å². The lowest BCUT2D eigenvalue weighted by Crippen LogP contribution is -2.15. The van der Waals surface area contributed by atoms with Crippen LogP contribution in [0.2, 0.25) is 0 Å². The number of esters is 1. The summed E-state index contributed by atoms with van der Waals surface area (Å²) >= 11 is 0. The monoisotopic (exact) mass is 460 g/mol. The number of anilines is 1. The summed E-state index contributed by atoms with van der Waals surface area (Å²) in [6.07, 6.45) is 0. The second kappa shape index (κ2) is 9.66. The number of hydrogen-bond acceptors (Lipinski definition) is 7.